The molecule has 1 aromatic heterocycles. The summed E-state index contributed by atoms with van der Waals surface area (Å²) in [5.74, 6) is 0.696. The first-order chi connectivity index (χ1) is 8.16. The van der Waals surface area contributed by atoms with Crippen LogP contribution in [0.15, 0.2) is 18.3 Å². The summed E-state index contributed by atoms with van der Waals surface area (Å²) in [7, 11) is 0. The maximum Gasteiger partial charge on any atom is 0.0372 e. The second-order valence-electron chi connectivity index (χ2n) is 5.29. The summed E-state index contributed by atoms with van der Waals surface area (Å²) in [5.41, 5.74) is 2.41. The molecule has 17 heavy (non-hydrogen) atoms. The molecule has 94 valence electrons. The SMILES string of the molecule is Cc1ccc(CN2CCNCC2C(C)C)cn1. The number of piperazine rings is 1. The molecule has 2 heterocycles. The standard InChI is InChI=1S/C14H23N3/c1-11(2)14-9-15-6-7-17(14)10-13-5-4-12(3)16-8-13/h4-5,8,11,14-15H,6-7,9-10H2,1-3H3. The van der Waals surface area contributed by atoms with Crippen LogP contribution in [0.3, 0.4) is 0 Å². The van der Waals surface area contributed by atoms with Crippen molar-refractivity contribution in [2.75, 3.05) is 19.6 Å². The predicted octanol–water partition coefficient (Wildman–Crippen LogP) is 1.82. The van der Waals surface area contributed by atoms with E-state index in [-0.39, 0.29) is 0 Å². The summed E-state index contributed by atoms with van der Waals surface area (Å²) in [6, 6.07) is 4.94. The summed E-state index contributed by atoms with van der Waals surface area (Å²) >= 11 is 0. The van der Waals surface area contributed by atoms with Gasteiger partial charge in [-0.15, -0.1) is 0 Å². The molecular weight excluding hydrogens is 210 g/mol. The van der Waals surface area contributed by atoms with Crippen molar-refractivity contribution in [1.29, 1.82) is 0 Å². The lowest BCUT2D eigenvalue weighted by molar-refractivity contribution is 0.117. The summed E-state index contributed by atoms with van der Waals surface area (Å²) in [5, 5.41) is 3.48. The second-order valence-corrected chi connectivity index (χ2v) is 5.29. The van der Waals surface area contributed by atoms with Gasteiger partial charge < -0.3 is 5.32 Å². The fourth-order valence-corrected chi connectivity index (χ4v) is 2.45. The summed E-state index contributed by atoms with van der Waals surface area (Å²) in [4.78, 5) is 6.95. The molecule has 0 radical (unpaired) electrons. The van der Waals surface area contributed by atoms with Gasteiger partial charge in [0.15, 0.2) is 0 Å². The van der Waals surface area contributed by atoms with Crippen molar-refractivity contribution in [3.63, 3.8) is 0 Å². The highest BCUT2D eigenvalue weighted by atomic mass is 15.2. The Hall–Kier alpha value is -0.930. The lowest BCUT2D eigenvalue weighted by Crippen LogP contribution is -2.52. The molecule has 3 heteroatoms. The van der Waals surface area contributed by atoms with Crippen LogP contribution in [0, 0.1) is 12.8 Å². The monoisotopic (exact) mass is 233 g/mol. The number of hydrogen-bond donors (Lipinski definition) is 1. The van der Waals surface area contributed by atoms with Crippen molar-refractivity contribution in [3.8, 4) is 0 Å². The highest BCUT2D eigenvalue weighted by Gasteiger charge is 2.24. The van der Waals surface area contributed by atoms with Gasteiger partial charge in [0.2, 0.25) is 0 Å². The van der Waals surface area contributed by atoms with Gasteiger partial charge in [0.25, 0.3) is 0 Å². The molecule has 0 saturated carbocycles. The average Bonchev–Trinajstić information content (AvgIpc) is 2.32. The van der Waals surface area contributed by atoms with E-state index < -0.39 is 0 Å². The normalized spacial score (nSPS) is 22.0. The highest BCUT2D eigenvalue weighted by molar-refractivity contribution is 5.13. The van der Waals surface area contributed by atoms with Crippen LogP contribution < -0.4 is 5.32 Å². The molecule has 1 unspecified atom stereocenters. The molecule has 3 nitrogen and oxygen atoms in total. The fourth-order valence-electron chi connectivity index (χ4n) is 2.45. The minimum atomic E-state index is 0.644. The van der Waals surface area contributed by atoms with Crippen molar-refractivity contribution in [2.45, 2.75) is 33.4 Å². The number of pyridine rings is 1. The van der Waals surface area contributed by atoms with Crippen LogP contribution in [-0.4, -0.2) is 35.6 Å². The molecule has 2 rings (SSSR count). The largest absolute Gasteiger partial charge is 0.314 e. The van der Waals surface area contributed by atoms with Crippen LogP contribution in [0.1, 0.15) is 25.1 Å². The van der Waals surface area contributed by atoms with Crippen LogP contribution in [0.5, 0.6) is 0 Å². The van der Waals surface area contributed by atoms with E-state index in [9.17, 15) is 0 Å². The Balaban J connectivity index is 2.02. The van der Waals surface area contributed by atoms with E-state index in [2.05, 4.69) is 41.2 Å². The van der Waals surface area contributed by atoms with Crippen molar-refractivity contribution in [3.05, 3.63) is 29.6 Å². The maximum atomic E-state index is 4.37. The first-order valence-corrected chi connectivity index (χ1v) is 6.53. The lowest BCUT2D eigenvalue weighted by Gasteiger charge is -2.38. The first kappa shape index (κ1) is 12.5. The Morgan fingerprint density at radius 1 is 1.47 bits per heavy atom. The topological polar surface area (TPSA) is 28.2 Å². The molecule has 0 bridgehead atoms. The Morgan fingerprint density at radius 3 is 2.94 bits per heavy atom. The number of aryl methyl sites for hydroxylation is 1. The number of rotatable bonds is 3. The van der Waals surface area contributed by atoms with E-state index in [4.69, 9.17) is 0 Å². The third kappa shape index (κ3) is 3.27. The number of nitrogens with zero attached hydrogens (tertiary/aromatic N) is 2. The minimum absolute atomic E-state index is 0.644. The Bertz CT molecular complexity index is 345. The van der Waals surface area contributed by atoms with Crippen LogP contribution in [0.2, 0.25) is 0 Å². The molecule has 1 fully saturated rings. The van der Waals surface area contributed by atoms with Crippen LogP contribution in [-0.2, 0) is 6.54 Å². The van der Waals surface area contributed by atoms with Crippen molar-refractivity contribution in [2.24, 2.45) is 5.92 Å². The van der Waals surface area contributed by atoms with Crippen LogP contribution >= 0.6 is 0 Å². The summed E-state index contributed by atoms with van der Waals surface area (Å²) < 4.78 is 0. The third-order valence-electron chi connectivity index (χ3n) is 3.53. The summed E-state index contributed by atoms with van der Waals surface area (Å²) in [6.07, 6.45) is 2.01. The van der Waals surface area contributed by atoms with Gasteiger partial charge in [-0.1, -0.05) is 19.9 Å². The van der Waals surface area contributed by atoms with E-state index in [1.807, 2.05) is 13.1 Å². The molecule has 0 spiro atoms. The molecule has 1 aliphatic heterocycles. The quantitative estimate of drug-likeness (QED) is 0.863. The van der Waals surface area contributed by atoms with Crippen molar-refractivity contribution >= 4 is 0 Å². The van der Waals surface area contributed by atoms with Crippen LogP contribution in [0.4, 0.5) is 0 Å². The smallest absolute Gasteiger partial charge is 0.0372 e. The Morgan fingerprint density at radius 2 is 2.29 bits per heavy atom. The van der Waals surface area contributed by atoms with Gasteiger partial charge >= 0.3 is 0 Å². The molecule has 1 aromatic rings. The van der Waals surface area contributed by atoms with Gasteiger partial charge in [0.1, 0.15) is 0 Å². The number of aromatic nitrogens is 1. The van der Waals surface area contributed by atoms with E-state index in [1.165, 1.54) is 5.56 Å². The summed E-state index contributed by atoms with van der Waals surface area (Å²) in [6.45, 7) is 11.0. The minimum Gasteiger partial charge on any atom is -0.314 e. The zero-order valence-electron chi connectivity index (χ0n) is 11.1. The molecule has 1 atom stereocenters. The van der Waals surface area contributed by atoms with Crippen molar-refractivity contribution < 1.29 is 0 Å². The Kier molecular flexibility index (Phi) is 4.13. The number of hydrogen-bond acceptors (Lipinski definition) is 3. The Labute approximate surface area is 104 Å². The average molecular weight is 233 g/mol. The maximum absolute atomic E-state index is 4.37. The third-order valence-corrected chi connectivity index (χ3v) is 3.53. The zero-order chi connectivity index (χ0) is 12.3. The van der Waals surface area contributed by atoms with E-state index in [0.29, 0.717) is 12.0 Å². The molecule has 1 saturated heterocycles. The van der Waals surface area contributed by atoms with Gasteiger partial charge in [0, 0.05) is 44.1 Å². The van der Waals surface area contributed by atoms with E-state index in [0.717, 1.165) is 31.9 Å². The van der Waals surface area contributed by atoms with Crippen molar-refractivity contribution in [1.82, 2.24) is 15.2 Å². The van der Waals surface area contributed by atoms with E-state index in [1.54, 1.807) is 0 Å². The zero-order valence-corrected chi connectivity index (χ0v) is 11.1. The molecule has 1 N–H and O–H groups in total. The molecule has 0 aromatic carbocycles. The number of nitrogens with one attached hydrogen (secondary N) is 1. The van der Waals surface area contributed by atoms with Gasteiger partial charge in [-0.2, -0.15) is 0 Å². The van der Waals surface area contributed by atoms with Gasteiger partial charge in [-0.25, -0.2) is 0 Å². The fraction of sp³-hybridized carbons (Fsp3) is 0.643. The van der Waals surface area contributed by atoms with Crippen LogP contribution in [0.25, 0.3) is 0 Å². The molecule has 1 aliphatic rings. The first-order valence-electron chi connectivity index (χ1n) is 6.53. The molecular formula is C14H23N3. The van der Waals surface area contributed by atoms with Gasteiger partial charge in [-0.05, 0) is 24.5 Å². The van der Waals surface area contributed by atoms with Gasteiger partial charge in [0.05, 0.1) is 0 Å². The van der Waals surface area contributed by atoms with E-state index >= 15 is 0 Å². The molecule has 0 amide bonds. The lowest BCUT2D eigenvalue weighted by atomic mass is 10.00. The molecule has 0 aliphatic carbocycles. The highest BCUT2D eigenvalue weighted by Crippen LogP contribution is 2.16. The second kappa shape index (κ2) is 5.61. The predicted molar refractivity (Wildman–Crippen MR) is 70.9 cm³/mol. The van der Waals surface area contributed by atoms with Gasteiger partial charge in [-0.3, -0.25) is 9.88 Å².